The van der Waals surface area contributed by atoms with Crippen molar-refractivity contribution in [2.45, 2.75) is 19.4 Å². The molecule has 1 aliphatic heterocycles. The highest BCUT2D eigenvalue weighted by Crippen LogP contribution is 2.18. The number of nitrogens with one attached hydrogen (secondary N) is 1. The molecule has 0 aliphatic carbocycles. The van der Waals surface area contributed by atoms with E-state index < -0.39 is 0 Å². The van der Waals surface area contributed by atoms with Gasteiger partial charge in [0.2, 0.25) is 5.91 Å². The number of amides is 2. The molecule has 31 heavy (non-hydrogen) atoms. The Labute approximate surface area is 189 Å². The van der Waals surface area contributed by atoms with Crippen LogP contribution >= 0.6 is 15.9 Å². The van der Waals surface area contributed by atoms with Gasteiger partial charge in [-0.15, -0.1) is 0 Å². The molecule has 1 N–H and O–H groups in total. The Balaban J connectivity index is 1.40. The summed E-state index contributed by atoms with van der Waals surface area (Å²) in [4.78, 5) is 31.7. The van der Waals surface area contributed by atoms with Crippen LogP contribution < -0.4 is 5.32 Å². The SMILES string of the molecule is O=C(NCCCc1nc2ccccc2n1CC(=O)N1CCOCC1)c1cccc(Br)c1. The fourth-order valence-corrected chi connectivity index (χ4v) is 4.12. The molecule has 7 nitrogen and oxygen atoms in total. The van der Waals surface area contributed by atoms with Crippen molar-refractivity contribution in [1.29, 1.82) is 0 Å². The molecule has 0 unspecified atom stereocenters. The largest absolute Gasteiger partial charge is 0.378 e. The standard InChI is InChI=1S/C23H25BrN4O3/c24-18-6-3-5-17(15-18)23(30)25-10-4-9-21-26-19-7-1-2-8-20(19)28(21)16-22(29)27-11-13-31-14-12-27/h1-3,5-8,15H,4,9-14,16H2,(H,25,30). The number of ether oxygens (including phenoxy) is 1. The number of nitrogens with zero attached hydrogens (tertiary/aromatic N) is 3. The molecule has 0 bridgehead atoms. The average molecular weight is 485 g/mol. The third kappa shape index (κ3) is 5.32. The van der Waals surface area contributed by atoms with E-state index in [0.29, 0.717) is 44.8 Å². The van der Waals surface area contributed by atoms with Gasteiger partial charge in [0.25, 0.3) is 5.91 Å². The fraction of sp³-hybridized carbons (Fsp3) is 0.348. The molecule has 2 aromatic carbocycles. The van der Waals surface area contributed by atoms with Crippen LogP contribution in [0.15, 0.2) is 53.0 Å². The van der Waals surface area contributed by atoms with Gasteiger partial charge in [0, 0.05) is 36.1 Å². The molecule has 0 spiro atoms. The number of aromatic nitrogens is 2. The first-order chi connectivity index (χ1) is 15.1. The van der Waals surface area contributed by atoms with Crippen LogP contribution in [0.5, 0.6) is 0 Å². The van der Waals surface area contributed by atoms with Crippen molar-refractivity contribution in [2.24, 2.45) is 0 Å². The molecule has 0 atom stereocenters. The third-order valence-electron chi connectivity index (χ3n) is 5.34. The van der Waals surface area contributed by atoms with Gasteiger partial charge in [-0.3, -0.25) is 9.59 Å². The van der Waals surface area contributed by atoms with Gasteiger partial charge in [0.05, 0.1) is 24.2 Å². The highest BCUT2D eigenvalue weighted by Gasteiger charge is 2.20. The van der Waals surface area contributed by atoms with Crippen LogP contribution in [0.3, 0.4) is 0 Å². The summed E-state index contributed by atoms with van der Waals surface area (Å²) in [7, 11) is 0. The molecule has 3 aromatic rings. The maximum absolute atomic E-state index is 12.8. The van der Waals surface area contributed by atoms with Crippen molar-refractivity contribution in [3.63, 3.8) is 0 Å². The number of morpholine rings is 1. The monoisotopic (exact) mass is 484 g/mol. The number of fused-ring (bicyclic) bond motifs is 1. The van der Waals surface area contributed by atoms with Crippen molar-refractivity contribution in [2.75, 3.05) is 32.8 Å². The van der Waals surface area contributed by atoms with Crippen molar-refractivity contribution in [3.8, 4) is 0 Å². The predicted molar refractivity (Wildman–Crippen MR) is 122 cm³/mol. The number of hydrogen-bond donors (Lipinski definition) is 1. The lowest BCUT2D eigenvalue weighted by atomic mass is 10.2. The lowest BCUT2D eigenvalue weighted by molar-refractivity contribution is -0.135. The topological polar surface area (TPSA) is 76.5 Å². The number of carbonyl (C=O) groups excluding carboxylic acids is 2. The summed E-state index contributed by atoms with van der Waals surface area (Å²) in [5, 5.41) is 2.96. The molecular weight excluding hydrogens is 460 g/mol. The lowest BCUT2D eigenvalue weighted by Gasteiger charge is -2.27. The summed E-state index contributed by atoms with van der Waals surface area (Å²) >= 11 is 3.39. The Morgan fingerprint density at radius 1 is 1.10 bits per heavy atom. The highest BCUT2D eigenvalue weighted by molar-refractivity contribution is 9.10. The summed E-state index contributed by atoms with van der Waals surface area (Å²) in [6.07, 6.45) is 1.40. The second-order valence-electron chi connectivity index (χ2n) is 7.47. The molecule has 8 heteroatoms. The van der Waals surface area contributed by atoms with Gasteiger partial charge in [-0.25, -0.2) is 4.98 Å². The second kappa shape index (κ2) is 10.1. The van der Waals surface area contributed by atoms with Crippen LogP contribution in [0.1, 0.15) is 22.6 Å². The minimum atomic E-state index is -0.0997. The molecule has 2 heterocycles. The molecule has 162 valence electrons. The van der Waals surface area contributed by atoms with Crippen LogP contribution in [-0.4, -0.2) is 59.1 Å². The van der Waals surface area contributed by atoms with Crippen LogP contribution in [0.25, 0.3) is 11.0 Å². The molecule has 0 radical (unpaired) electrons. The molecule has 1 saturated heterocycles. The molecule has 1 aromatic heterocycles. The first-order valence-electron chi connectivity index (χ1n) is 10.5. The van der Waals surface area contributed by atoms with E-state index in [0.717, 1.165) is 27.8 Å². The van der Waals surface area contributed by atoms with Crippen LogP contribution in [0.2, 0.25) is 0 Å². The highest BCUT2D eigenvalue weighted by atomic mass is 79.9. The van der Waals surface area contributed by atoms with Crippen molar-refractivity contribution >= 4 is 38.8 Å². The minimum Gasteiger partial charge on any atom is -0.378 e. The van der Waals surface area contributed by atoms with Crippen LogP contribution in [0.4, 0.5) is 0 Å². The van der Waals surface area contributed by atoms with E-state index in [1.807, 2.05) is 45.9 Å². The normalized spacial score (nSPS) is 14.0. The number of halogens is 1. The Hall–Kier alpha value is -2.71. The van der Waals surface area contributed by atoms with Crippen molar-refractivity contribution in [1.82, 2.24) is 19.8 Å². The van der Waals surface area contributed by atoms with Crippen molar-refractivity contribution in [3.05, 3.63) is 64.4 Å². The van der Waals surface area contributed by atoms with E-state index >= 15 is 0 Å². The number of rotatable bonds is 7. The molecule has 0 saturated carbocycles. The van der Waals surface area contributed by atoms with Gasteiger partial charge in [-0.1, -0.05) is 34.1 Å². The number of hydrogen-bond acceptors (Lipinski definition) is 4. The van der Waals surface area contributed by atoms with Gasteiger partial charge in [-0.05, 0) is 36.8 Å². The maximum Gasteiger partial charge on any atom is 0.251 e. The lowest BCUT2D eigenvalue weighted by Crippen LogP contribution is -2.42. The predicted octanol–water partition coefficient (Wildman–Crippen LogP) is 3.02. The Morgan fingerprint density at radius 3 is 2.71 bits per heavy atom. The van der Waals surface area contributed by atoms with E-state index in [1.165, 1.54) is 0 Å². The summed E-state index contributed by atoms with van der Waals surface area (Å²) in [5.41, 5.74) is 2.46. The molecular formula is C23H25BrN4O3. The van der Waals surface area contributed by atoms with E-state index in [9.17, 15) is 9.59 Å². The Bertz CT molecular complexity index is 1080. The van der Waals surface area contributed by atoms with E-state index in [-0.39, 0.29) is 18.4 Å². The van der Waals surface area contributed by atoms with E-state index in [4.69, 9.17) is 9.72 Å². The van der Waals surface area contributed by atoms with E-state index in [2.05, 4.69) is 21.2 Å². The number of para-hydroxylation sites is 2. The molecule has 1 aliphatic rings. The minimum absolute atomic E-state index is 0.0793. The van der Waals surface area contributed by atoms with Gasteiger partial charge >= 0.3 is 0 Å². The summed E-state index contributed by atoms with van der Waals surface area (Å²) in [5.74, 6) is 0.840. The molecule has 2 amide bonds. The molecule has 1 fully saturated rings. The van der Waals surface area contributed by atoms with E-state index in [1.54, 1.807) is 12.1 Å². The van der Waals surface area contributed by atoms with Gasteiger partial charge in [-0.2, -0.15) is 0 Å². The third-order valence-corrected chi connectivity index (χ3v) is 5.83. The number of imidazole rings is 1. The van der Waals surface area contributed by atoms with Gasteiger partial charge < -0.3 is 19.5 Å². The number of aryl methyl sites for hydroxylation is 1. The Morgan fingerprint density at radius 2 is 1.90 bits per heavy atom. The zero-order valence-electron chi connectivity index (χ0n) is 17.2. The molecule has 4 rings (SSSR count). The first-order valence-corrected chi connectivity index (χ1v) is 11.2. The smallest absolute Gasteiger partial charge is 0.251 e. The summed E-state index contributed by atoms with van der Waals surface area (Å²) in [6, 6.07) is 15.2. The Kier molecular flexibility index (Phi) is 6.99. The summed E-state index contributed by atoms with van der Waals surface area (Å²) in [6.45, 7) is 3.22. The van der Waals surface area contributed by atoms with Gasteiger partial charge in [0.1, 0.15) is 12.4 Å². The van der Waals surface area contributed by atoms with Crippen molar-refractivity contribution < 1.29 is 14.3 Å². The van der Waals surface area contributed by atoms with Crippen LogP contribution in [-0.2, 0) is 22.5 Å². The second-order valence-corrected chi connectivity index (χ2v) is 8.38. The van der Waals surface area contributed by atoms with Crippen LogP contribution in [0, 0.1) is 0 Å². The summed E-state index contributed by atoms with van der Waals surface area (Å²) < 4.78 is 8.23. The van der Waals surface area contributed by atoms with Gasteiger partial charge in [0.15, 0.2) is 0 Å². The maximum atomic E-state index is 12.8. The number of carbonyl (C=O) groups is 2. The number of benzene rings is 2. The first kappa shape index (κ1) is 21.5. The fourth-order valence-electron chi connectivity index (χ4n) is 3.72. The zero-order valence-corrected chi connectivity index (χ0v) is 18.8. The average Bonchev–Trinajstić information content (AvgIpc) is 3.14. The zero-order chi connectivity index (χ0) is 21.6. The quantitative estimate of drug-likeness (QED) is 0.523.